The van der Waals surface area contributed by atoms with E-state index in [1.54, 1.807) is 38.5 Å². The Hall–Kier alpha value is -3.09. The molecular weight excluding hydrogens is 351 g/mol. The van der Waals surface area contributed by atoms with Gasteiger partial charge in [0, 0.05) is 19.5 Å². The molecule has 1 unspecified atom stereocenters. The maximum Gasteiger partial charge on any atom is 0.227 e. The van der Waals surface area contributed by atoms with Crippen LogP contribution in [0.2, 0.25) is 0 Å². The number of hydrogen-bond acceptors (Lipinski definition) is 4. The summed E-state index contributed by atoms with van der Waals surface area (Å²) in [6.07, 6.45) is 0.0616. The Morgan fingerprint density at radius 1 is 1.19 bits per heavy atom. The number of halogens is 1. The van der Waals surface area contributed by atoms with Crippen LogP contribution in [-0.4, -0.2) is 32.6 Å². The van der Waals surface area contributed by atoms with Gasteiger partial charge in [-0.15, -0.1) is 0 Å². The van der Waals surface area contributed by atoms with E-state index in [2.05, 4.69) is 5.32 Å². The van der Waals surface area contributed by atoms with Gasteiger partial charge in [-0.1, -0.05) is 18.2 Å². The van der Waals surface area contributed by atoms with E-state index in [0.717, 1.165) is 5.56 Å². The minimum absolute atomic E-state index is 0.0616. The maximum atomic E-state index is 13.9. The second-order valence-corrected chi connectivity index (χ2v) is 6.26. The van der Waals surface area contributed by atoms with Gasteiger partial charge in [0.05, 0.1) is 25.8 Å². The minimum atomic E-state index is -0.516. The SMILES string of the molecule is COc1ccc(CNC(=O)C2CC(=O)N(c3ccccc3F)C2)cc1OC. The molecule has 3 rings (SSSR count). The predicted octanol–water partition coefficient (Wildman–Crippen LogP) is 2.51. The monoisotopic (exact) mass is 372 g/mol. The van der Waals surface area contributed by atoms with Crippen LogP contribution in [-0.2, 0) is 16.1 Å². The van der Waals surface area contributed by atoms with Gasteiger partial charge in [0.25, 0.3) is 0 Å². The van der Waals surface area contributed by atoms with Gasteiger partial charge in [-0.05, 0) is 29.8 Å². The molecule has 1 saturated heterocycles. The molecule has 1 aliphatic heterocycles. The zero-order valence-corrected chi connectivity index (χ0v) is 15.2. The molecule has 1 aliphatic rings. The molecule has 1 atom stereocenters. The molecule has 6 nitrogen and oxygen atoms in total. The average Bonchev–Trinajstić information content (AvgIpc) is 3.07. The third-order valence-electron chi connectivity index (χ3n) is 4.55. The molecule has 1 heterocycles. The quantitative estimate of drug-likeness (QED) is 0.846. The summed E-state index contributed by atoms with van der Waals surface area (Å²) in [7, 11) is 3.10. The van der Waals surface area contributed by atoms with E-state index in [-0.39, 0.29) is 30.5 Å². The number of amides is 2. The number of hydrogen-bond donors (Lipinski definition) is 1. The molecule has 1 N–H and O–H groups in total. The Balaban J connectivity index is 1.62. The minimum Gasteiger partial charge on any atom is -0.493 e. The maximum absolute atomic E-state index is 13.9. The topological polar surface area (TPSA) is 67.9 Å². The van der Waals surface area contributed by atoms with Crippen LogP contribution in [0.3, 0.4) is 0 Å². The van der Waals surface area contributed by atoms with Crippen molar-refractivity contribution >= 4 is 17.5 Å². The van der Waals surface area contributed by atoms with Crippen molar-refractivity contribution in [2.75, 3.05) is 25.7 Å². The van der Waals surface area contributed by atoms with Crippen LogP contribution < -0.4 is 19.7 Å². The van der Waals surface area contributed by atoms with Gasteiger partial charge in [-0.2, -0.15) is 0 Å². The summed E-state index contributed by atoms with van der Waals surface area (Å²) in [6, 6.07) is 11.4. The molecule has 0 spiro atoms. The fourth-order valence-corrected chi connectivity index (χ4v) is 3.11. The zero-order chi connectivity index (χ0) is 19.4. The van der Waals surface area contributed by atoms with E-state index in [1.165, 1.54) is 17.0 Å². The molecule has 0 aromatic heterocycles. The van der Waals surface area contributed by atoms with Crippen molar-refractivity contribution in [3.05, 3.63) is 53.8 Å². The first kappa shape index (κ1) is 18.7. The van der Waals surface area contributed by atoms with Crippen LogP contribution in [0.1, 0.15) is 12.0 Å². The molecule has 2 aromatic carbocycles. The Labute approximate surface area is 156 Å². The first-order chi connectivity index (χ1) is 13.0. The normalized spacial score (nSPS) is 16.3. The Morgan fingerprint density at radius 2 is 1.93 bits per heavy atom. The van der Waals surface area contributed by atoms with Crippen molar-refractivity contribution in [1.82, 2.24) is 5.32 Å². The summed E-state index contributed by atoms with van der Waals surface area (Å²) in [4.78, 5) is 26.0. The largest absolute Gasteiger partial charge is 0.493 e. The predicted molar refractivity (Wildman–Crippen MR) is 98.3 cm³/mol. The summed E-state index contributed by atoms with van der Waals surface area (Å²) >= 11 is 0. The highest BCUT2D eigenvalue weighted by molar-refractivity contribution is 6.00. The van der Waals surface area contributed by atoms with Gasteiger partial charge < -0.3 is 19.7 Å². The Kier molecular flexibility index (Phi) is 5.59. The van der Waals surface area contributed by atoms with Crippen molar-refractivity contribution in [2.45, 2.75) is 13.0 Å². The molecule has 0 bridgehead atoms. The average molecular weight is 372 g/mol. The highest BCUT2D eigenvalue weighted by Gasteiger charge is 2.35. The van der Waals surface area contributed by atoms with Crippen molar-refractivity contribution in [2.24, 2.45) is 5.92 Å². The third kappa shape index (κ3) is 4.02. The van der Waals surface area contributed by atoms with Crippen LogP contribution in [0, 0.1) is 11.7 Å². The summed E-state index contributed by atoms with van der Waals surface area (Å²) in [5, 5.41) is 2.83. The number of carbonyl (C=O) groups is 2. The Bertz CT molecular complexity index is 856. The molecule has 142 valence electrons. The number of methoxy groups -OCH3 is 2. The van der Waals surface area contributed by atoms with E-state index < -0.39 is 11.7 Å². The lowest BCUT2D eigenvalue weighted by molar-refractivity contribution is -0.126. The summed E-state index contributed by atoms with van der Waals surface area (Å²) in [5.74, 6) is -0.307. The highest BCUT2D eigenvalue weighted by Crippen LogP contribution is 2.29. The number of nitrogens with zero attached hydrogens (tertiary/aromatic N) is 1. The molecule has 0 saturated carbocycles. The van der Waals surface area contributed by atoms with Gasteiger partial charge in [0.2, 0.25) is 11.8 Å². The van der Waals surface area contributed by atoms with Gasteiger partial charge in [0.15, 0.2) is 11.5 Å². The van der Waals surface area contributed by atoms with E-state index >= 15 is 0 Å². The van der Waals surface area contributed by atoms with Crippen molar-refractivity contribution in [1.29, 1.82) is 0 Å². The first-order valence-corrected chi connectivity index (χ1v) is 8.57. The number of para-hydroxylation sites is 1. The summed E-state index contributed by atoms with van der Waals surface area (Å²) in [5.41, 5.74) is 1.05. The van der Waals surface area contributed by atoms with Crippen LogP contribution in [0.5, 0.6) is 11.5 Å². The van der Waals surface area contributed by atoms with Gasteiger partial charge in [-0.3, -0.25) is 9.59 Å². The highest BCUT2D eigenvalue weighted by atomic mass is 19.1. The number of carbonyl (C=O) groups excluding carboxylic acids is 2. The second-order valence-electron chi connectivity index (χ2n) is 6.26. The zero-order valence-electron chi connectivity index (χ0n) is 15.2. The fourth-order valence-electron chi connectivity index (χ4n) is 3.11. The van der Waals surface area contributed by atoms with Crippen LogP contribution >= 0.6 is 0 Å². The van der Waals surface area contributed by atoms with E-state index in [9.17, 15) is 14.0 Å². The van der Waals surface area contributed by atoms with E-state index in [0.29, 0.717) is 18.0 Å². The molecule has 0 aliphatic carbocycles. The summed E-state index contributed by atoms with van der Waals surface area (Å²) in [6.45, 7) is 0.459. The lowest BCUT2D eigenvalue weighted by Crippen LogP contribution is -2.32. The van der Waals surface area contributed by atoms with E-state index in [1.807, 2.05) is 6.07 Å². The molecular formula is C20H21FN2O4. The third-order valence-corrected chi connectivity index (χ3v) is 4.55. The van der Waals surface area contributed by atoms with Gasteiger partial charge in [-0.25, -0.2) is 4.39 Å². The lowest BCUT2D eigenvalue weighted by atomic mass is 10.1. The number of anilines is 1. The van der Waals surface area contributed by atoms with Crippen LogP contribution in [0.4, 0.5) is 10.1 Å². The molecule has 1 fully saturated rings. The van der Waals surface area contributed by atoms with E-state index in [4.69, 9.17) is 9.47 Å². The number of rotatable bonds is 6. The first-order valence-electron chi connectivity index (χ1n) is 8.57. The Morgan fingerprint density at radius 3 is 2.63 bits per heavy atom. The molecule has 2 aromatic rings. The van der Waals surface area contributed by atoms with Crippen molar-refractivity contribution < 1.29 is 23.5 Å². The van der Waals surface area contributed by atoms with Crippen molar-refractivity contribution in [3.63, 3.8) is 0 Å². The second kappa shape index (κ2) is 8.07. The number of nitrogens with one attached hydrogen (secondary N) is 1. The van der Waals surface area contributed by atoms with Crippen molar-refractivity contribution in [3.8, 4) is 11.5 Å². The smallest absolute Gasteiger partial charge is 0.227 e. The van der Waals surface area contributed by atoms with Gasteiger partial charge >= 0.3 is 0 Å². The summed E-state index contributed by atoms with van der Waals surface area (Å²) < 4.78 is 24.4. The fraction of sp³-hybridized carbons (Fsp3) is 0.300. The standard InChI is InChI=1S/C20H21FN2O4/c1-26-17-8-7-13(9-18(17)27-2)11-22-20(25)14-10-19(24)23(12-14)16-6-4-3-5-15(16)21/h3-9,14H,10-12H2,1-2H3,(H,22,25). The molecule has 7 heteroatoms. The number of ether oxygens (including phenoxy) is 2. The van der Waals surface area contributed by atoms with Gasteiger partial charge in [0.1, 0.15) is 5.82 Å². The molecule has 2 amide bonds. The number of benzene rings is 2. The van der Waals surface area contributed by atoms with Crippen LogP contribution in [0.25, 0.3) is 0 Å². The molecule has 27 heavy (non-hydrogen) atoms. The van der Waals surface area contributed by atoms with Crippen LogP contribution in [0.15, 0.2) is 42.5 Å². The lowest BCUT2D eigenvalue weighted by Gasteiger charge is -2.17. The molecule has 0 radical (unpaired) electrons.